The first-order valence-corrected chi connectivity index (χ1v) is 15.7. The van der Waals surface area contributed by atoms with Crippen molar-refractivity contribution < 1.29 is 26.0 Å². The van der Waals surface area contributed by atoms with Crippen molar-refractivity contribution in [1.82, 2.24) is 29.9 Å². The number of rotatable bonds is 10. The zero-order valence-corrected chi connectivity index (χ0v) is 25.1. The maximum absolute atomic E-state index is 15.2. The van der Waals surface area contributed by atoms with Gasteiger partial charge in [0.25, 0.3) is 0 Å². The number of hydrogen-bond acceptors (Lipinski definition) is 8. The predicted molar refractivity (Wildman–Crippen MR) is 153 cm³/mol. The maximum atomic E-state index is 15.2. The van der Waals surface area contributed by atoms with E-state index in [0.717, 1.165) is 48.0 Å². The molecule has 1 aliphatic carbocycles. The van der Waals surface area contributed by atoms with Gasteiger partial charge in [0, 0.05) is 42.4 Å². The van der Waals surface area contributed by atoms with Crippen LogP contribution in [0, 0.1) is 31.4 Å². The molecule has 224 valence electrons. The van der Waals surface area contributed by atoms with E-state index < -0.39 is 38.6 Å². The Morgan fingerprint density at radius 3 is 2.43 bits per heavy atom. The third-order valence-corrected chi connectivity index (χ3v) is 8.57. The summed E-state index contributed by atoms with van der Waals surface area (Å²) < 4.78 is 82.1. The number of aromatic amines is 1. The summed E-state index contributed by atoms with van der Waals surface area (Å²) in [5.41, 5.74) is 1.71. The summed E-state index contributed by atoms with van der Waals surface area (Å²) in [7, 11) is 0.136. The maximum Gasteiger partial charge on any atom is 0.333 e. The lowest BCUT2D eigenvalue weighted by Crippen LogP contribution is -2.19. The molecule has 42 heavy (non-hydrogen) atoms. The number of sulfone groups is 1. The zero-order valence-electron chi connectivity index (χ0n) is 23.2. The fourth-order valence-electron chi connectivity index (χ4n) is 4.99. The number of aromatic nitrogens is 6. The van der Waals surface area contributed by atoms with Gasteiger partial charge in [0.1, 0.15) is 11.5 Å². The van der Waals surface area contributed by atoms with Gasteiger partial charge in [0.15, 0.2) is 27.3 Å². The number of halogens is 4. The lowest BCUT2D eigenvalue weighted by Gasteiger charge is -2.23. The van der Waals surface area contributed by atoms with E-state index in [9.17, 15) is 17.2 Å². The molecular formula is C26H29F4N8O2PS. The highest BCUT2D eigenvalue weighted by Crippen LogP contribution is 2.55. The number of alkyl halides is 2. The molecule has 3 atom stereocenters. The third kappa shape index (κ3) is 5.84. The Balaban J connectivity index is 1.73. The van der Waals surface area contributed by atoms with Crippen LogP contribution in [0.25, 0.3) is 11.3 Å². The minimum atomic E-state index is -3.89. The average Bonchev–Trinajstić information content (AvgIpc) is 3.34. The Hall–Kier alpha value is -3.58. The van der Waals surface area contributed by atoms with Crippen LogP contribution in [0.15, 0.2) is 29.3 Å². The average molecular weight is 625 g/mol. The minimum Gasteiger partial charge on any atom is -0.323 e. The fraction of sp³-hybridized carbons (Fsp3) is 0.385. The number of benzene rings is 1. The molecule has 1 aliphatic rings. The van der Waals surface area contributed by atoms with E-state index in [4.69, 9.17) is 0 Å². The highest BCUT2D eigenvalue weighted by Gasteiger charge is 2.42. The SMILES string of the molecule is Cc1cc(Nc2nc(N(C)c3c(F)cc(S(C)(=O)=O)cc3F)nc(-c3cn(C(F)F)nc3C)c2C2CC2CCP)n[nH]1. The molecule has 0 aliphatic heterocycles. The Bertz CT molecular complexity index is 1740. The second-order valence-corrected chi connectivity index (χ2v) is 12.9. The van der Waals surface area contributed by atoms with Gasteiger partial charge in [-0.25, -0.2) is 26.9 Å². The zero-order chi connectivity index (χ0) is 30.5. The minimum absolute atomic E-state index is 0.0146. The van der Waals surface area contributed by atoms with Gasteiger partial charge in [-0.2, -0.15) is 24.0 Å². The molecule has 3 unspecified atom stereocenters. The van der Waals surface area contributed by atoms with E-state index in [1.54, 1.807) is 13.0 Å². The molecular weight excluding hydrogens is 595 g/mol. The summed E-state index contributed by atoms with van der Waals surface area (Å²) in [6.07, 6.45) is 4.61. The van der Waals surface area contributed by atoms with Gasteiger partial charge >= 0.3 is 6.55 Å². The monoisotopic (exact) mass is 624 g/mol. The van der Waals surface area contributed by atoms with Crippen LogP contribution in [0.1, 0.15) is 42.3 Å². The van der Waals surface area contributed by atoms with E-state index in [2.05, 4.69) is 39.8 Å². The molecule has 5 rings (SSSR count). The van der Waals surface area contributed by atoms with E-state index in [1.165, 1.54) is 13.2 Å². The summed E-state index contributed by atoms with van der Waals surface area (Å²) in [5.74, 6) is -1.46. The summed E-state index contributed by atoms with van der Waals surface area (Å²) in [4.78, 5) is 9.82. The van der Waals surface area contributed by atoms with E-state index >= 15 is 8.78 Å². The standard InChI is InChI=1S/C26H29F4N8O2PS/c1-12-7-20(35-34-12)31-24-21(16-8-14(16)5-6-41)22(17-11-38(25(29)30)36-13(17)2)32-26(33-24)37(3)23-18(27)9-15(10-19(23)28)42(4,39)40/h7,9-11,14,16,25H,5-6,8,41H2,1-4H3,(H2,31,32,33,34,35). The van der Waals surface area contributed by atoms with Crippen molar-refractivity contribution in [1.29, 1.82) is 0 Å². The molecule has 0 amide bonds. The van der Waals surface area contributed by atoms with Gasteiger partial charge in [-0.1, -0.05) is 0 Å². The number of hydrogen-bond donors (Lipinski definition) is 2. The third-order valence-electron chi connectivity index (χ3n) is 7.14. The second-order valence-electron chi connectivity index (χ2n) is 10.3. The van der Waals surface area contributed by atoms with Crippen LogP contribution in [0.5, 0.6) is 0 Å². The molecule has 3 heterocycles. The number of H-pyrrole nitrogens is 1. The molecule has 1 fully saturated rings. The number of anilines is 4. The van der Waals surface area contributed by atoms with Crippen LogP contribution in [0.3, 0.4) is 0 Å². The molecule has 4 aromatic rings. The van der Waals surface area contributed by atoms with E-state index in [1.807, 2.05) is 6.92 Å². The van der Waals surface area contributed by atoms with E-state index in [0.29, 0.717) is 33.4 Å². The van der Waals surface area contributed by atoms with Gasteiger partial charge in [-0.15, -0.1) is 9.24 Å². The molecule has 1 aromatic carbocycles. The largest absolute Gasteiger partial charge is 0.333 e. The quantitative estimate of drug-likeness (QED) is 0.172. The van der Waals surface area contributed by atoms with Crippen molar-refractivity contribution in [2.45, 2.75) is 44.1 Å². The van der Waals surface area contributed by atoms with Crippen LogP contribution in [0.2, 0.25) is 0 Å². The van der Waals surface area contributed by atoms with Gasteiger partial charge in [-0.3, -0.25) is 5.10 Å². The van der Waals surface area contributed by atoms with Gasteiger partial charge < -0.3 is 10.2 Å². The Kier molecular flexibility index (Phi) is 8.01. The van der Waals surface area contributed by atoms with Crippen molar-refractivity contribution in [3.8, 4) is 11.3 Å². The summed E-state index contributed by atoms with van der Waals surface area (Å²) in [6.45, 7) is 0.494. The Labute approximate surface area is 242 Å². The van der Waals surface area contributed by atoms with Crippen molar-refractivity contribution in [2.75, 3.05) is 29.7 Å². The Morgan fingerprint density at radius 2 is 1.88 bits per heavy atom. The van der Waals surface area contributed by atoms with Gasteiger partial charge in [0.2, 0.25) is 5.95 Å². The molecule has 2 N–H and O–H groups in total. The van der Waals surface area contributed by atoms with Gasteiger partial charge in [-0.05, 0) is 56.8 Å². The molecule has 0 saturated heterocycles. The Morgan fingerprint density at radius 1 is 1.19 bits per heavy atom. The highest BCUT2D eigenvalue weighted by atomic mass is 32.2. The normalized spacial score (nSPS) is 16.7. The number of aryl methyl sites for hydroxylation is 2. The van der Waals surface area contributed by atoms with Crippen molar-refractivity contribution >= 4 is 42.3 Å². The lowest BCUT2D eigenvalue weighted by atomic mass is 10.0. The van der Waals surface area contributed by atoms with Crippen molar-refractivity contribution in [3.05, 3.63) is 53.0 Å². The highest BCUT2D eigenvalue weighted by molar-refractivity contribution is 7.90. The molecule has 1 saturated carbocycles. The fourth-order valence-corrected chi connectivity index (χ4v) is 6.05. The first kappa shape index (κ1) is 29.9. The first-order chi connectivity index (χ1) is 19.8. The van der Waals surface area contributed by atoms with Crippen LogP contribution < -0.4 is 10.2 Å². The first-order valence-electron chi connectivity index (χ1n) is 13.0. The van der Waals surface area contributed by atoms with E-state index in [-0.39, 0.29) is 23.3 Å². The van der Waals surface area contributed by atoms with Crippen molar-refractivity contribution in [2.24, 2.45) is 5.92 Å². The van der Waals surface area contributed by atoms with Crippen LogP contribution in [0.4, 0.5) is 40.8 Å². The molecule has 10 nitrogen and oxygen atoms in total. The number of nitrogens with one attached hydrogen (secondary N) is 2. The molecule has 3 aromatic heterocycles. The van der Waals surface area contributed by atoms with Gasteiger partial charge in [0.05, 0.1) is 16.3 Å². The topological polar surface area (TPSA) is 122 Å². The van der Waals surface area contributed by atoms with Crippen molar-refractivity contribution in [3.63, 3.8) is 0 Å². The predicted octanol–water partition coefficient (Wildman–Crippen LogP) is 5.64. The summed E-state index contributed by atoms with van der Waals surface area (Å²) in [6, 6.07) is 3.18. The summed E-state index contributed by atoms with van der Waals surface area (Å²) >= 11 is 0. The molecule has 16 heteroatoms. The van der Waals surface area contributed by atoms with Crippen LogP contribution in [-0.2, 0) is 9.84 Å². The smallest absolute Gasteiger partial charge is 0.323 e. The lowest BCUT2D eigenvalue weighted by molar-refractivity contribution is 0.0563. The molecule has 0 bridgehead atoms. The summed E-state index contributed by atoms with van der Waals surface area (Å²) in [5, 5.41) is 14.2. The number of nitrogens with zero attached hydrogens (tertiary/aromatic N) is 6. The molecule has 0 spiro atoms. The molecule has 0 radical (unpaired) electrons. The second kappa shape index (κ2) is 11.3. The van der Waals surface area contributed by atoms with Crippen LogP contribution >= 0.6 is 9.24 Å². The van der Waals surface area contributed by atoms with Crippen LogP contribution in [-0.4, -0.2) is 57.8 Å².